The van der Waals surface area contributed by atoms with E-state index in [0.717, 1.165) is 12.5 Å². The van der Waals surface area contributed by atoms with Crippen LogP contribution in [0, 0.1) is 19.8 Å². The highest BCUT2D eigenvalue weighted by atomic mass is 14.9. The summed E-state index contributed by atoms with van der Waals surface area (Å²) in [7, 11) is 0. The van der Waals surface area contributed by atoms with Crippen molar-refractivity contribution in [3.05, 3.63) is 70.8 Å². The highest BCUT2D eigenvalue weighted by molar-refractivity contribution is 5.35. The van der Waals surface area contributed by atoms with E-state index in [1.165, 1.54) is 35.1 Å². The second kappa shape index (κ2) is 5.80. The number of aryl methyl sites for hydroxylation is 2. The van der Waals surface area contributed by atoms with Crippen LogP contribution in [0.25, 0.3) is 0 Å². The van der Waals surface area contributed by atoms with Gasteiger partial charge < -0.3 is 5.32 Å². The van der Waals surface area contributed by atoms with Crippen LogP contribution < -0.4 is 5.32 Å². The molecule has 1 aliphatic carbocycles. The normalized spacial score (nSPS) is 14.8. The Bertz CT molecular complexity index is 538. The van der Waals surface area contributed by atoms with E-state index in [-0.39, 0.29) is 0 Å². The number of rotatable bonds is 5. The largest absolute Gasteiger partial charge is 0.306 e. The first kappa shape index (κ1) is 13.4. The van der Waals surface area contributed by atoms with Gasteiger partial charge in [-0.3, -0.25) is 0 Å². The van der Waals surface area contributed by atoms with Crippen LogP contribution in [0.15, 0.2) is 48.5 Å². The van der Waals surface area contributed by atoms with Gasteiger partial charge in [-0.25, -0.2) is 0 Å². The predicted octanol–water partition coefficient (Wildman–Crippen LogP) is 4.39. The highest BCUT2D eigenvalue weighted by Gasteiger charge is 2.23. The lowest BCUT2D eigenvalue weighted by Gasteiger charge is -2.21. The number of hydrogen-bond donors (Lipinski definition) is 1. The Morgan fingerprint density at radius 1 is 0.950 bits per heavy atom. The van der Waals surface area contributed by atoms with Crippen molar-refractivity contribution in [2.45, 2.75) is 32.7 Å². The summed E-state index contributed by atoms with van der Waals surface area (Å²) >= 11 is 0. The van der Waals surface area contributed by atoms with E-state index in [1.54, 1.807) is 0 Å². The van der Waals surface area contributed by atoms with E-state index >= 15 is 0 Å². The molecule has 3 rings (SSSR count). The summed E-state index contributed by atoms with van der Waals surface area (Å²) in [5.74, 6) is 0.895. The molecule has 1 aliphatic rings. The lowest BCUT2D eigenvalue weighted by Crippen LogP contribution is -2.24. The summed E-state index contributed by atoms with van der Waals surface area (Å²) < 4.78 is 0. The Morgan fingerprint density at radius 2 is 1.50 bits per heavy atom. The summed E-state index contributed by atoms with van der Waals surface area (Å²) in [5.41, 5.74) is 5.40. The maximum atomic E-state index is 3.77. The zero-order chi connectivity index (χ0) is 13.9. The lowest BCUT2D eigenvalue weighted by atomic mass is 9.96. The fourth-order valence-corrected chi connectivity index (χ4v) is 2.73. The van der Waals surface area contributed by atoms with Gasteiger partial charge in [-0.1, -0.05) is 59.7 Å². The molecule has 0 radical (unpaired) electrons. The van der Waals surface area contributed by atoms with Gasteiger partial charge in [-0.05, 0) is 50.3 Å². The SMILES string of the molecule is Cc1cccc(C(NCC2CC2)c2cccc(C)c2)c1. The van der Waals surface area contributed by atoms with E-state index in [9.17, 15) is 0 Å². The molecule has 20 heavy (non-hydrogen) atoms. The summed E-state index contributed by atoms with van der Waals surface area (Å²) in [6, 6.07) is 18.0. The number of hydrogen-bond acceptors (Lipinski definition) is 1. The first-order valence-electron chi connectivity index (χ1n) is 7.59. The van der Waals surface area contributed by atoms with Crippen molar-refractivity contribution in [1.82, 2.24) is 5.32 Å². The van der Waals surface area contributed by atoms with E-state index in [1.807, 2.05) is 0 Å². The van der Waals surface area contributed by atoms with Crippen LogP contribution in [-0.2, 0) is 0 Å². The molecule has 0 heterocycles. The monoisotopic (exact) mass is 265 g/mol. The Balaban J connectivity index is 1.89. The van der Waals surface area contributed by atoms with Crippen LogP contribution in [-0.4, -0.2) is 6.54 Å². The van der Waals surface area contributed by atoms with Gasteiger partial charge in [0.15, 0.2) is 0 Å². The first-order chi connectivity index (χ1) is 9.72. The first-order valence-corrected chi connectivity index (χ1v) is 7.59. The molecule has 1 N–H and O–H groups in total. The molecule has 2 aromatic carbocycles. The van der Waals surface area contributed by atoms with Crippen molar-refractivity contribution in [2.24, 2.45) is 5.92 Å². The van der Waals surface area contributed by atoms with Crippen molar-refractivity contribution in [2.75, 3.05) is 6.54 Å². The molecule has 0 aliphatic heterocycles. The Morgan fingerprint density at radius 3 is 1.95 bits per heavy atom. The Hall–Kier alpha value is -1.60. The fraction of sp³-hybridized carbons (Fsp3) is 0.368. The lowest BCUT2D eigenvalue weighted by molar-refractivity contribution is 0.573. The standard InChI is InChI=1S/C19H23N/c1-14-5-3-7-17(11-14)19(20-13-16-9-10-16)18-8-4-6-15(2)12-18/h3-8,11-12,16,19-20H,9-10,13H2,1-2H3. The molecule has 2 aromatic rings. The molecule has 0 bridgehead atoms. The van der Waals surface area contributed by atoms with E-state index < -0.39 is 0 Å². The van der Waals surface area contributed by atoms with Crippen molar-refractivity contribution >= 4 is 0 Å². The Kier molecular flexibility index (Phi) is 3.88. The average molecular weight is 265 g/mol. The van der Waals surface area contributed by atoms with E-state index in [4.69, 9.17) is 0 Å². The molecule has 0 saturated heterocycles. The summed E-state index contributed by atoms with van der Waals surface area (Å²) in [5, 5.41) is 3.77. The topological polar surface area (TPSA) is 12.0 Å². The second-order valence-electron chi connectivity index (χ2n) is 6.11. The van der Waals surface area contributed by atoms with Crippen LogP contribution in [0.3, 0.4) is 0 Å². The molecule has 0 unspecified atom stereocenters. The maximum Gasteiger partial charge on any atom is 0.0577 e. The van der Waals surface area contributed by atoms with Gasteiger partial charge in [-0.15, -0.1) is 0 Å². The van der Waals surface area contributed by atoms with Crippen LogP contribution in [0.5, 0.6) is 0 Å². The third kappa shape index (κ3) is 3.29. The second-order valence-corrected chi connectivity index (χ2v) is 6.11. The quantitative estimate of drug-likeness (QED) is 0.845. The fourth-order valence-electron chi connectivity index (χ4n) is 2.73. The maximum absolute atomic E-state index is 3.77. The number of benzene rings is 2. The molecular weight excluding hydrogens is 242 g/mol. The zero-order valence-electron chi connectivity index (χ0n) is 12.4. The average Bonchev–Trinajstić information content (AvgIpc) is 3.23. The Labute approximate surface area is 122 Å². The van der Waals surface area contributed by atoms with Gasteiger partial charge in [0, 0.05) is 0 Å². The number of nitrogens with one attached hydrogen (secondary N) is 1. The summed E-state index contributed by atoms with van der Waals surface area (Å²) in [6.45, 7) is 5.46. The molecule has 1 fully saturated rings. The predicted molar refractivity (Wildman–Crippen MR) is 84.9 cm³/mol. The third-order valence-electron chi connectivity index (χ3n) is 4.06. The van der Waals surface area contributed by atoms with Gasteiger partial charge >= 0.3 is 0 Å². The highest BCUT2D eigenvalue weighted by Crippen LogP contribution is 2.30. The minimum atomic E-state index is 0.315. The van der Waals surface area contributed by atoms with Crippen molar-refractivity contribution in [3.63, 3.8) is 0 Å². The molecule has 0 aromatic heterocycles. The molecule has 0 spiro atoms. The molecular formula is C19H23N. The van der Waals surface area contributed by atoms with Crippen molar-refractivity contribution < 1.29 is 0 Å². The van der Waals surface area contributed by atoms with Crippen molar-refractivity contribution in [3.8, 4) is 0 Å². The van der Waals surface area contributed by atoms with Gasteiger partial charge in [0.25, 0.3) is 0 Å². The summed E-state index contributed by atoms with van der Waals surface area (Å²) in [6.07, 6.45) is 2.78. The molecule has 1 heteroatoms. The minimum Gasteiger partial charge on any atom is -0.306 e. The van der Waals surface area contributed by atoms with Crippen LogP contribution in [0.2, 0.25) is 0 Å². The van der Waals surface area contributed by atoms with Crippen molar-refractivity contribution in [1.29, 1.82) is 0 Å². The molecule has 0 amide bonds. The minimum absolute atomic E-state index is 0.315. The molecule has 0 atom stereocenters. The van der Waals surface area contributed by atoms with Gasteiger partial charge in [-0.2, -0.15) is 0 Å². The molecule has 1 nitrogen and oxygen atoms in total. The van der Waals surface area contributed by atoms with Crippen LogP contribution >= 0.6 is 0 Å². The van der Waals surface area contributed by atoms with Gasteiger partial charge in [0.05, 0.1) is 6.04 Å². The van der Waals surface area contributed by atoms with Crippen LogP contribution in [0.4, 0.5) is 0 Å². The van der Waals surface area contributed by atoms with Gasteiger partial charge in [0.2, 0.25) is 0 Å². The molecule has 104 valence electrons. The smallest absolute Gasteiger partial charge is 0.0577 e. The van der Waals surface area contributed by atoms with Gasteiger partial charge in [0.1, 0.15) is 0 Å². The molecule has 1 saturated carbocycles. The van der Waals surface area contributed by atoms with Crippen LogP contribution in [0.1, 0.15) is 41.1 Å². The van der Waals surface area contributed by atoms with E-state index in [2.05, 4.69) is 67.7 Å². The third-order valence-corrected chi connectivity index (χ3v) is 4.06. The van der Waals surface area contributed by atoms with E-state index in [0.29, 0.717) is 6.04 Å². The zero-order valence-corrected chi connectivity index (χ0v) is 12.4. The summed E-state index contributed by atoms with van der Waals surface area (Å²) in [4.78, 5) is 0.